The van der Waals surface area contributed by atoms with Gasteiger partial charge in [0.1, 0.15) is 5.56 Å². The van der Waals surface area contributed by atoms with Gasteiger partial charge in [0.25, 0.3) is 0 Å². The summed E-state index contributed by atoms with van der Waals surface area (Å²) < 4.78 is 2.38. The van der Waals surface area contributed by atoms with Gasteiger partial charge in [-0.2, -0.15) is 5.10 Å². The molecular weight excluding hydrogens is 309 g/mol. The number of hydrogen-bond acceptors (Lipinski definition) is 3. The molecule has 6 heteroatoms. The SMILES string of the molecule is O=C(O)c1cccnc1-n1cc(I)cn1. The maximum absolute atomic E-state index is 10.9. The lowest BCUT2D eigenvalue weighted by Crippen LogP contribution is -2.07. The number of halogens is 1. The van der Waals surface area contributed by atoms with Gasteiger partial charge >= 0.3 is 5.97 Å². The van der Waals surface area contributed by atoms with Crippen LogP contribution in [0.1, 0.15) is 10.4 Å². The molecule has 2 heterocycles. The van der Waals surface area contributed by atoms with Crippen LogP contribution in [0.3, 0.4) is 0 Å². The molecule has 2 rings (SSSR count). The van der Waals surface area contributed by atoms with Crippen LogP contribution in [-0.4, -0.2) is 25.8 Å². The standard InChI is InChI=1S/C9H6IN3O2/c10-6-4-12-13(5-6)8-7(9(14)15)2-1-3-11-8/h1-5H,(H,14,15). The Morgan fingerprint density at radius 2 is 2.33 bits per heavy atom. The zero-order valence-corrected chi connectivity index (χ0v) is 9.62. The van der Waals surface area contributed by atoms with Gasteiger partial charge in [0.15, 0.2) is 5.82 Å². The van der Waals surface area contributed by atoms with Crippen molar-refractivity contribution in [3.05, 3.63) is 39.9 Å². The highest BCUT2D eigenvalue weighted by atomic mass is 127. The van der Waals surface area contributed by atoms with Crippen LogP contribution >= 0.6 is 22.6 Å². The molecule has 1 N–H and O–H groups in total. The van der Waals surface area contributed by atoms with Crippen LogP contribution in [0, 0.1) is 3.57 Å². The number of aromatic nitrogens is 3. The first-order valence-electron chi connectivity index (χ1n) is 4.07. The molecule has 2 aromatic heterocycles. The van der Waals surface area contributed by atoms with Gasteiger partial charge in [-0.15, -0.1) is 0 Å². The van der Waals surface area contributed by atoms with E-state index in [0.29, 0.717) is 5.82 Å². The molecule has 2 aromatic rings. The maximum Gasteiger partial charge on any atom is 0.339 e. The van der Waals surface area contributed by atoms with E-state index in [9.17, 15) is 4.79 Å². The largest absolute Gasteiger partial charge is 0.478 e. The molecule has 0 unspecified atom stereocenters. The van der Waals surface area contributed by atoms with E-state index >= 15 is 0 Å². The first kappa shape index (κ1) is 10.1. The molecule has 0 aromatic carbocycles. The molecule has 0 aliphatic heterocycles. The third-order valence-electron chi connectivity index (χ3n) is 1.79. The summed E-state index contributed by atoms with van der Waals surface area (Å²) in [6.45, 7) is 0. The van der Waals surface area contributed by atoms with Crippen LogP contribution in [0.15, 0.2) is 30.7 Å². The van der Waals surface area contributed by atoms with Gasteiger partial charge in [0.2, 0.25) is 0 Å². The lowest BCUT2D eigenvalue weighted by molar-refractivity contribution is 0.0696. The molecule has 5 nitrogen and oxygen atoms in total. The van der Waals surface area contributed by atoms with Gasteiger partial charge < -0.3 is 5.11 Å². The topological polar surface area (TPSA) is 68.0 Å². The molecule has 0 fully saturated rings. The predicted octanol–water partition coefficient (Wildman–Crippen LogP) is 1.57. The van der Waals surface area contributed by atoms with Crippen molar-refractivity contribution in [2.45, 2.75) is 0 Å². The first-order chi connectivity index (χ1) is 7.18. The van der Waals surface area contributed by atoms with Crippen LogP contribution in [0.5, 0.6) is 0 Å². The van der Waals surface area contributed by atoms with E-state index in [2.05, 4.69) is 32.7 Å². The molecule has 0 aliphatic carbocycles. The van der Waals surface area contributed by atoms with E-state index in [1.807, 2.05) is 0 Å². The second-order valence-electron chi connectivity index (χ2n) is 2.78. The molecule has 0 saturated carbocycles. The fourth-order valence-corrected chi connectivity index (χ4v) is 1.55. The minimum absolute atomic E-state index is 0.136. The van der Waals surface area contributed by atoms with E-state index in [0.717, 1.165) is 3.57 Å². The van der Waals surface area contributed by atoms with Crippen LogP contribution < -0.4 is 0 Å². The van der Waals surface area contributed by atoms with Gasteiger partial charge in [-0.05, 0) is 34.7 Å². The van der Waals surface area contributed by atoms with Crippen molar-refractivity contribution >= 4 is 28.6 Å². The van der Waals surface area contributed by atoms with Crippen molar-refractivity contribution in [3.63, 3.8) is 0 Å². The highest BCUT2D eigenvalue weighted by Gasteiger charge is 2.12. The fraction of sp³-hybridized carbons (Fsp3) is 0. The third-order valence-corrected chi connectivity index (χ3v) is 2.34. The van der Waals surface area contributed by atoms with Gasteiger partial charge in [-0.3, -0.25) is 0 Å². The van der Waals surface area contributed by atoms with E-state index < -0.39 is 5.97 Å². The average molecular weight is 315 g/mol. The number of pyridine rings is 1. The highest BCUT2D eigenvalue weighted by Crippen LogP contribution is 2.12. The second kappa shape index (κ2) is 3.97. The molecule has 0 atom stereocenters. The lowest BCUT2D eigenvalue weighted by atomic mass is 10.2. The molecule has 0 saturated heterocycles. The van der Waals surface area contributed by atoms with Crippen LogP contribution in [-0.2, 0) is 0 Å². The van der Waals surface area contributed by atoms with E-state index in [-0.39, 0.29) is 5.56 Å². The summed E-state index contributed by atoms with van der Waals surface area (Å²) >= 11 is 2.10. The van der Waals surface area contributed by atoms with Crippen molar-refractivity contribution in [1.82, 2.24) is 14.8 Å². The first-order valence-corrected chi connectivity index (χ1v) is 5.15. The van der Waals surface area contributed by atoms with Crippen molar-refractivity contribution in [1.29, 1.82) is 0 Å². The number of aromatic carboxylic acids is 1. The number of nitrogens with zero attached hydrogens (tertiary/aromatic N) is 3. The molecule has 0 spiro atoms. The fourth-order valence-electron chi connectivity index (χ4n) is 1.16. The normalized spacial score (nSPS) is 10.2. The molecule has 0 amide bonds. The summed E-state index contributed by atoms with van der Waals surface area (Å²) in [6.07, 6.45) is 4.90. The average Bonchev–Trinajstić information content (AvgIpc) is 2.65. The highest BCUT2D eigenvalue weighted by molar-refractivity contribution is 14.1. The molecule has 0 radical (unpaired) electrons. The number of carbonyl (C=O) groups is 1. The molecule has 0 bridgehead atoms. The second-order valence-corrected chi connectivity index (χ2v) is 4.03. The monoisotopic (exact) mass is 315 g/mol. The number of carboxylic acid groups (broad SMARTS) is 1. The Balaban J connectivity index is 2.57. The number of carboxylic acids is 1. The maximum atomic E-state index is 10.9. The van der Waals surface area contributed by atoms with E-state index in [1.165, 1.54) is 16.9 Å². The van der Waals surface area contributed by atoms with Gasteiger partial charge in [-0.25, -0.2) is 14.5 Å². The van der Waals surface area contributed by atoms with E-state index in [4.69, 9.17) is 5.11 Å². The Hall–Kier alpha value is -1.44. The smallest absolute Gasteiger partial charge is 0.339 e. The summed E-state index contributed by atoms with van der Waals surface area (Å²) in [7, 11) is 0. The van der Waals surface area contributed by atoms with Gasteiger partial charge in [-0.1, -0.05) is 0 Å². The summed E-state index contributed by atoms with van der Waals surface area (Å²) in [6, 6.07) is 3.08. The minimum atomic E-state index is -1.01. The molecule has 15 heavy (non-hydrogen) atoms. The summed E-state index contributed by atoms with van der Waals surface area (Å²) in [5, 5.41) is 13.0. The minimum Gasteiger partial charge on any atom is -0.478 e. The Morgan fingerprint density at radius 1 is 1.53 bits per heavy atom. The number of hydrogen-bond donors (Lipinski definition) is 1. The third kappa shape index (κ3) is 1.99. The summed E-state index contributed by atoms with van der Waals surface area (Å²) in [4.78, 5) is 14.9. The van der Waals surface area contributed by atoms with Crippen LogP contribution in [0.4, 0.5) is 0 Å². The van der Waals surface area contributed by atoms with Crippen molar-refractivity contribution in [3.8, 4) is 5.82 Å². The van der Waals surface area contributed by atoms with Crippen molar-refractivity contribution < 1.29 is 9.90 Å². The van der Waals surface area contributed by atoms with Gasteiger partial charge in [0.05, 0.1) is 9.77 Å². The summed E-state index contributed by atoms with van der Waals surface area (Å²) in [5.41, 5.74) is 0.136. The van der Waals surface area contributed by atoms with Crippen molar-refractivity contribution in [2.24, 2.45) is 0 Å². The predicted molar refractivity (Wildman–Crippen MR) is 61.0 cm³/mol. The zero-order valence-electron chi connectivity index (χ0n) is 7.46. The number of rotatable bonds is 2. The Bertz CT molecular complexity index is 510. The van der Waals surface area contributed by atoms with Crippen molar-refractivity contribution in [2.75, 3.05) is 0 Å². The van der Waals surface area contributed by atoms with E-state index in [1.54, 1.807) is 18.5 Å². The Labute approximate surface area is 98.9 Å². The molecular formula is C9H6IN3O2. The molecule has 0 aliphatic rings. The quantitative estimate of drug-likeness (QED) is 0.854. The van der Waals surface area contributed by atoms with Gasteiger partial charge in [0, 0.05) is 12.4 Å². The lowest BCUT2D eigenvalue weighted by Gasteiger charge is -2.03. The molecule has 76 valence electrons. The van der Waals surface area contributed by atoms with Crippen LogP contribution in [0.25, 0.3) is 5.82 Å². The van der Waals surface area contributed by atoms with Crippen LogP contribution in [0.2, 0.25) is 0 Å². The Kier molecular flexibility index (Phi) is 2.67. The Morgan fingerprint density at radius 3 is 2.93 bits per heavy atom. The summed E-state index contributed by atoms with van der Waals surface area (Å²) in [5.74, 6) is -0.684. The zero-order chi connectivity index (χ0) is 10.8.